The summed E-state index contributed by atoms with van der Waals surface area (Å²) in [5.41, 5.74) is 3.33. The summed E-state index contributed by atoms with van der Waals surface area (Å²) in [5, 5.41) is 17.6. The monoisotopic (exact) mass is 412 g/mol. The van der Waals surface area contributed by atoms with E-state index in [9.17, 15) is 18.5 Å². The Labute approximate surface area is 170 Å². The largest absolute Gasteiger partial charge is 0.349 e. The molecule has 2 aromatic rings. The molecule has 3 N–H and O–H groups in total. The molecular formula is C21H24N4O3S. The summed E-state index contributed by atoms with van der Waals surface area (Å²) < 4.78 is 24.8. The number of carbonyl (C=O) groups is 1. The summed E-state index contributed by atoms with van der Waals surface area (Å²) in [7, 11) is -3.75. The van der Waals surface area contributed by atoms with Crippen LogP contribution >= 0.6 is 0 Å². The van der Waals surface area contributed by atoms with Crippen molar-refractivity contribution in [1.29, 1.82) is 5.26 Å². The molecule has 152 valence electrons. The zero-order valence-corrected chi connectivity index (χ0v) is 17.3. The average Bonchev–Trinajstić information content (AvgIpc) is 3.26. The zero-order valence-electron chi connectivity index (χ0n) is 16.5. The molecule has 0 atom stereocenters. The van der Waals surface area contributed by atoms with Crippen molar-refractivity contribution in [2.24, 2.45) is 5.14 Å². The zero-order chi connectivity index (χ0) is 21.2. The van der Waals surface area contributed by atoms with E-state index in [0.29, 0.717) is 0 Å². The van der Waals surface area contributed by atoms with Crippen LogP contribution in [0.25, 0.3) is 11.8 Å². The van der Waals surface area contributed by atoms with Gasteiger partial charge in [0.15, 0.2) is 0 Å². The molecule has 0 aliphatic heterocycles. The van der Waals surface area contributed by atoms with Crippen LogP contribution in [-0.4, -0.2) is 24.9 Å². The third kappa shape index (κ3) is 4.58. The highest BCUT2D eigenvalue weighted by atomic mass is 32.2. The first kappa shape index (κ1) is 20.8. The van der Waals surface area contributed by atoms with Gasteiger partial charge in [0, 0.05) is 23.1 Å². The summed E-state index contributed by atoms with van der Waals surface area (Å²) in [6.07, 6.45) is 5.70. The van der Waals surface area contributed by atoms with Crippen molar-refractivity contribution in [3.05, 3.63) is 52.9 Å². The minimum absolute atomic E-state index is 0.0409. The van der Waals surface area contributed by atoms with Crippen LogP contribution in [-0.2, 0) is 14.8 Å². The van der Waals surface area contributed by atoms with Gasteiger partial charge in [-0.15, -0.1) is 0 Å². The number of rotatable bonds is 5. The summed E-state index contributed by atoms with van der Waals surface area (Å²) in [6, 6.07) is 10.3. The molecule has 1 aromatic heterocycles. The number of aryl methyl sites for hydroxylation is 1. The normalized spacial score (nSPS) is 15.3. The SMILES string of the molecule is Cc1cc(/C=C(/C#N)C(=O)NC2CCCC2)c(C)n1-c1ccc(S(N)(=O)=O)cc1. The number of nitrogens with zero attached hydrogens (tertiary/aromatic N) is 2. The lowest BCUT2D eigenvalue weighted by Crippen LogP contribution is -2.33. The summed E-state index contributed by atoms with van der Waals surface area (Å²) in [4.78, 5) is 12.5. The molecule has 3 rings (SSSR count). The fourth-order valence-electron chi connectivity index (χ4n) is 3.75. The van der Waals surface area contributed by atoms with Crippen molar-refractivity contribution in [2.45, 2.75) is 50.5 Å². The molecule has 29 heavy (non-hydrogen) atoms. The lowest BCUT2D eigenvalue weighted by atomic mass is 10.1. The van der Waals surface area contributed by atoms with Crippen LogP contribution in [0.4, 0.5) is 0 Å². The van der Waals surface area contributed by atoms with Gasteiger partial charge in [-0.3, -0.25) is 4.79 Å². The van der Waals surface area contributed by atoms with Crippen LogP contribution in [0.15, 0.2) is 40.8 Å². The van der Waals surface area contributed by atoms with Crippen LogP contribution in [0.5, 0.6) is 0 Å². The van der Waals surface area contributed by atoms with E-state index in [-0.39, 0.29) is 22.4 Å². The predicted molar refractivity (Wildman–Crippen MR) is 111 cm³/mol. The highest BCUT2D eigenvalue weighted by molar-refractivity contribution is 7.89. The molecule has 0 unspecified atom stereocenters. The Bertz CT molecular complexity index is 1100. The van der Waals surface area contributed by atoms with E-state index in [1.54, 1.807) is 18.2 Å². The summed E-state index contributed by atoms with van der Waals surface area (Å²) >= 11 is 0. The molecular weight excluding hydrogens is 388 g/mol. The van der Waals surface area contributed by atoms with Crippen molar-refractivity contribution < 1.29 is 13.2 Å². The van der Waals surface area contributed by atoms with Gasteiger partial charge in [-0.25, -0.2) is 13.6 Å². The number of benzene rings is 1. The number of nitrogens with one attached hydrogen (secondary N) is 1. The van der Waals surface area contributed by atoms with E-state index in [0.717, 1.165) is 48.3 Å². The first-order valence-electron chi connectivity index (χ1n) is 9.45. The van der Waals surface area contributed by atoms with E-state index in [1.165, 1.54) is 12.1 Å². The van der Waals surface area contributed by atoms with E-state index >= 15 is 0 Å². The van der Waals surface area contributed by atoms with Gasteiger partial charge in [-0.2, -0.15) is 5.26 Å². The Balaban J connectivity index is 1.91. The molecule has 1 aliphatic carbocycles. The van der Waals surface area contributed by atoms with E-state index < -0.39 is 10.0 Å². The number of hydrogen-bond acceptors (Lipinski definition) is 4. The molecule has 0 bridgehead atoms. The maximum Gasteiger partial charge on any atom is 0.262 e. The van der Waals surface area contributed by atoms with Crippen molar-refractivity contribution in [1.82, 2.24) is 9.88 Å². The van der Waals surface area contributed by atoms with Gasteiger partial charge in [-0.1, -0.05) is 12.8 Å². The number of nitrogens with two attached hydrogens (primary N) is 1. The van der Waals surface area contributed by atoms with Gasteiger partial charge in [0.05, 0.1) is 4.90 Å². The second-order valence-corrected chi connectivity index (χ2v) is 8.89. The van der Waals surface area contributed by atoms with E-state index in [2.05, 4.69) is 5.32 Å². The first-order valence-corrected chi connectivity index (χ1v) is 11.0. The number of primary sulfonamides is 1. The number of hydrogen-bond donors (Lipinski definition) is 2. The smallest absolute Gasteiger partial charge is 0.262 e. The molecule has 8 heteroatoms. The third-order valence-corrected chi connectivity index (χ3v) is 6.18. The summed E-state index contributed by atoms with van der Waals surface area (Å²) in [6.45, 7) is 3.79. The second-order valence-electron chi connectivity index (χ2n) is 7.33. The maximum atomic E-state index is 12.5. The Morgan fingerprint density at radius 1 is 1.24 bits per heavy atom. The van der Waals surface area contributed by atoms with E-state index in [1.807, 2.05) is 30.6 Å². The highest BCUT2D eigenvalue weighted by Crippen LogP contribution is 2.24. The molecule has 1 fully saturated rings. The van der Waals surface area contributed by atoms with Crippen molar-refractivity contribution >= 4 is 22.0 Å². The highest BCUT2D eigenvalue weighted by Gasteiger charge is 2.20. The molecule has 0 radical (unpaired) electrons. The quantitative estimate of drug-likeness (QED) is 0.580. The van der Waals surface area contributed by atoms with Crippen LogP contribution in [0, 0.1) is 25.2 Å². The molecule has 1 saturated carbocycles. The van der Waals surface area contributed by atoms with Gasteiger partial charge in [0.2, 0.25) is 10.0 Å². The Morgan fingerprint density at radius 2 is 1.86 bits per heavy atom. The second kappa shape index (κ2) is 8.23. The first-order chi connectivity index (χ1) is 13.7. The summed E-state index contributed by atoms with van der Waals surface area (Å²) in [5.74, 6) is -0.346. The number of sulfonamides is 1. The van der Waals surface area contributed by atoms with Gasteiger partial charge in [-0.05, 0) is 68.7 Å². The predicted octanol–water partition coefficient (Wildman–Crippen LogP) is 2.71. The standard InChI is InChI=1S/C21H24N4O3S/c1-14-11-16(12-17(13-22)21(26)24-18-5-3-4-6-18)15(2)25(14)19-7-9-20(10-8-19)29(23,27)28/h7-12,18H,3-6H2,1-2H3,(H,24,26)(H2,23,27,28)/b17-12-. The van der Waals surface area contributed by atoms with Gasteiger partial charge in [0.25, 0.3) is 5.91 Å². The van der Waals surface area contributed by atoms with Gasteiger partial charge >= 0.3 is 0 Å². The fourth-order valence-corrected chi connectivity index (χ4v) is 4.27. The minimum Gasteiger partial charge on any atom is -0.349 e. The molecule has 7 nitrogen and oxygen atoms in total. The van der Waals surface area contributed by atoms with Gasteiger partial charge in [0.1, 0.15) is 11.6 Å². The van der Waals surface area contributed by atoms with Crippen LogP contribution in [0.3, 0.4) is 0 Å². The van der Waals surface area contributed by atoms with Crippen molar-refractivity contribution in [2.75, 3.05) is 0 Å². The maximum absolute atomic E-state index is 12.5. The van der Waals surface area contributed by atoms with Crippen LogP contribution in [0.2, 0.25) is 0 Å². The molecule has 1 aromatic carbocycles. The fraction of sp³-hybridized carbons (Fsp3) is 0.333. The Morgan fingerprint density at radius 3 is 2.41 bits per heavy atom. The van der Waals surface area contributed by atoms with Crippen LogP contribution < -0.4 is 10.5 Å². The molecule has 1 amide bonds. The average molecular weight is 413 g/mol. The molecule has 1 heterocycles. The molecule has 1 aliphatic rings. The number of nitriles is 1. The number of aromatic nitrogens is 1. The van der Waals surface area contributed by atoms with Gasteiger partial charge < -0.3 is 9.88 Å². The lowest BCUT2D eigenvalue weighted by molar-refractivity contribution is -0.117. The van der Waals surface area contributed by atoms with Crippen LogP contribution in [0.1, 0.15) is 42.6 Å². The number of amides is 1. The lowest BCUT2D eigenvalue weighted by Gasteiger charge is -2.11. The van der Waals surface area contributed by atoms with Crippen molar-refractivity contribution in [3.63, 3.8) is 0 Å². The van der Waals surface area contributed by atoms with Crippen molar-refractivity contribution in [3.8, 4) is 11.8 Å². The molecule has 0 saturated heterocycles. The number of carbonyl (C=O) groups excluding carboxylic acids is 1. The molecule has 0 spiro atoms. The topological polar surface area (TPSA) is 118 Å². The minimum atomic E-state index is -3.75. The Kier molecular flexibility index (Phi) is 5.91. The Hall–Kier alpha value is -2.89. The van der Waals surface area contributed by atoms with E-state index in [4.69, 9.17) is 5.14 Å². The third-order valence-electron chi connectivity index (χ3n) is 5.25.